The summed E-state index contributed by atoms with van der Waals surface area (Å²) < 4.78 is 5.76. The lowest BCUT2D eigenvalue weighted by Gasteiger charge is -2.20. The molecule has 4 nitrogen and oxygen atoms in total. The molecule has 0 spiro atoms. The Labute approximate surface area is 173 Å². The number of nitrogens with one attached hydrogen (secondary N) is 2. The maximum atomic E-state index is 12.4. The average molecular weight is 399 g/mol. The lowest BCUT2D eigenvalue weighted by molar-refractivity contribution is -0.125. The predicted octanol–water partition coefficient (Wildman–Crippen LogP) is 5.19. The summed E-state index contributed by atoms with van der Waals surface area (Å²) >= 11 is 5.31. The minimum Gasteiger partial charge on any atom is -0.481 e. The highest BCUT2D eigenvalue weighted by atomic mass is 32.1. The van der Waals surface area contributed by atoms with Crippen LogP contribution >= 0.6 is 12.2 Å². The number of carbonyl (C=O) groups excluding carboxylic acids is 1. The molecule has 0 aliphatic heterocycles. The van der Waals surface area contributed by atoms with Gasteiger partial charge >= 0.3 is 0 Å². The van der Waals surface area contributed by atoms with Crippen molar-refractivity contribution in [3.8, 4) is 5.75 Å². The molecule has 1 unspecified atom stereocenters. The summed E-state index contributed by atoms with van der Waals surface area (Å²) in [6.07, 6.45) is -0.666. The van der Waals surface area contributed by atoms with E-state index < -0.39 is 6.10 Å². The number of hydrogen-bond donors (Lipinski definition) is 2. The van der Waals surface area contributed by atoms with Crippen LogP contribution in [0.5, 0.6) is 5.75 Å². The van der Waals surface area contributed by atoms with Crippen LogP contribution in [0.25, 0.3) is 0 Å². The number of ether oxygens (including phenoxy) is 1. The normalized spacial score (nSPS) is 12.2. The number of thiocarbonyl (C=S) groups is 1. The van der Waals surface area contributed by atoms with Crippen molar-refractivity contribution in [1.29, 1.82) is 0 Å². The summed E-state index contributed by atoms with van der Waals surface area (Å²) in [6, 6.07) is 12.0. The van der Waals surface area contributed by atoms with Crippen LogP contribution in [0.4, 0.5) is 5.69 Å². The van der Waals surface area contributed by atoms with Gasteiger partial charge in [0.15, 0.2) is 11.2 Å². The zero-order valence-corrected chi connectivity index (χ0v) is 18.6. The summed E-state index contributed by atoms with van der Waals surface area (Å²) in [6.45, 7) is 14.3. The number of amides is 1. The van der Waals surface area contributed by atoms with Gasteiger partial charge in [-0.1, -0.05) is 50.6 Å². The molecule has 0 aliphatic rings. The predicted molar refractivity (Wildman–Crippen MR) is 120 cm³/mol. The van der Waals surface area contributed by atoms with Gasteiger partial charge < -0.3 is 10.1 Å². The van der Waals surface area contributed by atoms with E-state index in [0.717, 1.165) is 16.8 Å². The number of hydrogen-bond acceptors (Lipinski definition) is 3. The summed E-state index contributed by atoms with van der Waals surface area (Å²) in [5.74, 6) is 0.361. The number of benzene rings is 2. The molecule has 0 saturated carbocycles. The fourth-order valence-electron chi connectivity index (χ4n) is 3.03. The van der Waals surface area contributed by atoms with Gasteiger partial charge in [-0.05, 0) is 74.2 Å². The van der Waals surface area contributed by atoms with E-state index in [1.54, 1.807) is 6.92 Å². The molecular formula is C23H30N2O2S. The third kappa shape index (κ3) is 5.80. The zero-order valence-electron chi connectivity index (χ0n) is 17.8. The first-order chi connectivity index (χ1) is 13.0. The monoisotopic (exact) mass is 398 g/mol. The van der Waals surface area contributed by atoms with Crippen LogP contribution in [0.15, 0.2) is 36.4 Å². The van der Waals surface area contributed by atoms with E-state index in [2.05, 4.69) is 50.5 Å². The molecule has 0 bridgehead atoms. The quantitative estimate of drug-likeness (QED) is 0.696. The van der Waals surface area contributed by atoms with Gasteiger partial charge in [-0.2, -0.15) is 0 Å². The molecule has 0 radical (unpaired) electrons. The topological polar surface area (TPSA) is 50.4 Å². The van der Waals surface area contributed by atoms with Crippen molar-refractivity contribution in [3.63, 3.8) is 0 Å². The van der Waals surface area contributed by atoms with Crippen LogP contribution < -0.4 is 15.4 Å². The SMILES string of the molecule is Cc1cc(C)c(NC(=S)NC(=O)C(C)Oc2ccc(C(C)(C)C)cc2)c(C)c1. The first kappa shape index (κ1) is 21.9. The standard InChI is InChI=1S/C23H30N2O2S/c1-14-12-15(2)20(16(3)13-14)24-22(28)25-21(26)17(4)27-19-10-8-18(9-11-19)23(5,6)7/h8-13,17H,1-7H3,(H2,24,25,26,28). The molecule has 2 N–H and O–H groups in total. The van der Waals surface area contributed by atoms with E-state index in [1.165, 1.54) is 11.1 Å². The molecule has 0 saturated heterocycles. The van der Waals surface area contributed by atoms with Crippen molar-refractivity contribution < 1.29 is 9.53 Å². The van der Waals surface area contributed by atoms with Gasteiger partial charge in [-0.25, -0.2) is 0 Å². The maximum Gasteiger partial charge on any atom is 0.266 e. The van der Waals surface area contributed by atoms with Gasteiger partial charge in [-0.3, -0.25) is 10.1 Å². The lowest BCUT2D eigenvalue weighted by atomic mass is 9.87. The number of aryl methyl sites for hydroxylation is 3. The summed E-state index contributed by atoms with van der Waals surface area (Å²) in [5, 5.41) is 6.10. The van der Waals surface area contributed by atoms with Crippen LogP contribution in [0, 0.1) is 20.8 Å². The van der Waals surface area contributed by atoms with Gasteiger partial charge in [0.2, 0.25) is 0 Å². The first-order valence-corrected chi connectivity index (χ1v) is 9.85. The fraction of sp³-hybridized carbons (Fsp3) is 0.391. The van der Waals surface area contributed by atoms with Crippen molar-refractivity contribution >= 4 is 28.9 Å². The molecular weight excluding hydrogens is 368 g/mol. The number of rotatable bonds is 4. The maximum absolute atomic E-state index is 12.4. The molecule has 150 valence electrons. The molecule has 0 heterocycles. The molecule has 0 fully saturated rings. The minimum absolute atomic E-state index is 0.0750. The van der Waals surface area contributed by atoms with Gasteiger partial charge in [-0.15, -0.1) is 0 Å². The summed E-state index contributed by atoms with van der Waals surface area (Å²) in [5.41, 5.74) is 5.56. The van der Waals surface area contributed by atoms with Crippen LogP contribution in [0.1, 0.15) is 49.9 Å². The van der Waals surface area contributed by atoms with Crippen molar-refractivity contribution in [2.45, 2.75) is 60.0 Å². The molecule has 0 aromatic heterocycles. The Morgan fingerprint density at radius 1 is 1.04 bits per heavy atom. The third-order valence-electron chi connectivity index (χ3n) is 4.55. The Morgan fingerprint density at radius 3 is 2.07 bits per heavy atom. The average Bonchev–Trinajstić information content (AvgIpc) is 2.57. The Kier molecular flexibility index (Phi) is 6.83. The smallest absolute Gasteiger partial charge is 0.266 e. The van der Waals surface area contributed by atoms with Gasteiger partial charge in [0, 0.05) is 5.69 Å². The van der Waals surface area contributed by atoms with E-state index in [0.29, 0.717) is 5.75 Å². The first-order valence-electron chi connectivity index (χ1n) is 9.44. The van der Waals surface area contributed by atoms with Crippen molar-refractivity contribution in [2.24, 2.45) is 0 Å². The zero-order chi connectivity index (χ0) is 21.1. The lowest BCUT2D eigenvalue weighted by Crippen LogP contribution is -2.42. The Morgan fingerprint density at radius 2 is 1.57 bits per heavy atom. The number of carbonyl (C=O) groups is 1. The third-order valence-corrected chi connectivity index (χ3v) is 4.76. The minimum atomic E-state index is -0.666. The van der Waals surface area contributed by atoms with E-state index in [4.69, 9.17) is 17.0 Å². The summed E-state index contributed by atoms with van der Waals surface area (Å²) in [4.78, 5) is 12.4. The summed E-state index contributed by atoms with van der Waals surface area (Å²) in [7, 11) is 0. The van der Waals surface area contributed by atoms with E-state index in [1.807, 2.05) is 38.1 Å². The molecule has 5 heteroatoms. The van der Waals surface area contributed by atoms with E-state index in [-0.39, 0.29) is 16.4 Å². The molecule has 2 aromatic carbocycles. The van der Waals surface area contributed by atoms with Crippen LogP contribution in [0.2, 0.25) is 0 Å². The molecule has 2 aromatic rings. The van der Waals surface area contributed by atoms with Gasteiger partial charge in [0.25, 0.3) is 5.91 Å². The van der Waals surface area contributed by atoms with E-state index in [9.17, 15) is 4.79 Å². The molecule has 28 heavy (non-hydrogen) atoms. The highest BCUT2D eigenvalue weighted by Crippen LogP contribution is 2.25. The van der Waals surface area contributed by atoms with Gasteiger partial charge in [0.05, 0.1) is 0 Å². The van der Waals surface area contributed by atoms with Crippen molar-refractivity contribution in [1.82, 2.24) is 5.32 Å². The van der Waals surface area contributed by atoms with Crippen molar-refractivity contribution in [3.05, 3.63) is 58.7 Å². The molecule has 2 rings (SSSR count). The largest absolute Gasteiger partial charge is 0.481 e. The fourth-order valence-corrected chi connectivity index (χ4v) is 3.23. The highest BCUT2D eigenvalue weighted by Gasteiger charge is 2.18. The van der Waals surface area contributed by atoms with Gasteiger partial charge in [0.1, 0.15) is 5.75 Å². The molecule has 1 amide bonds. The molecule has 0 aliphatic carbocycles. The van der Waals surface area contributed by atoms with E-state index >= 15 is 0 Å². The Hall–Kier alpha value is -2.40. The Balaban J connectivity index is 1.96. The van der Waals surface area contributed by atoms with Crippen molar-refractivity contribution in [2.75, 3.05) is 5.32 Å². The number of anilines is 1. The second kappa shape index (κ2) is 8.74. The van der Waals surface area contributed by atoms with Crippen LogP contribution in [0.3, 0.4) is 0 Å². The Bertz CT molecular complexity index is 844. The second-order valence-electron chi connectivity index (χ2n) is 8.25. The second-order valence-corrected chi connectivity index (χ2v) is 8.66. The highest BCUT2D eigenvalue weighted by molar-refractivity contribution is 7.80. The van der Waals surface area contributed by atoms with Crippen LogP contribution in [-0.4, -0.2) is 17.1 Å². The van der Waals surface area contributed by atoms with Crippen LogP contribution in [-0.2, 0) is 10.2 Å². The molecule has 1 atom stereocenters.